The van der Waals surface area contributed by atoms with E-state index in [0.717, 1.165) is 24.9 Å². The molecule has 1 heterocycles. The van der Waals surface area contributed by atoms with E-state index in [1.54, 1.807) is 10.4 Å². The maximum atomic E-state index is 3.62. The van der Waals surface area contributed by atoms with E-state index in [1.807, 2.05) is 11.3 Å². The minimum absolute atomic E-state index is 0.721. The number of fused-ring (bicyclic) bond motifs is 1. The molecule has 3 rings (SSSR count). The van der Waals surface area contributed by atoms with Crippen LogP contribution >= 0.6 is 11.3 Å². The van der Waals surface area contributed by atoms with Crippen molar-refractivity contribution in [2.75, 3.05) is 6.54 Å². The Balaban J connectivity index is 1.96. The quantitative estimate of drug-likeness (QED) is 0.802. The van der Waals surface area contributed by atoms with Gasteiger partial charge in [-0.1, -0.05) is 19.9 Å². The molecule has 1 N–H and O–H groups in total. The van der Waals surface area contributed by atoms with Crippen LogP contribution in [-0.4, -0.2) is 6.54 Å². The first-order chi connectivity index (χ1) is 9.56. The summed E-state index contributed by atoms with van der Waals surface area (Å²) in [5.74, 6) is 1.56. The molecular formula is C18H25NS. The standard InChI is InChI=1S/C18H25NS/c1-11(2)9-19-10-17-18(14-5-6-14)15-7-12(3)13(4)8-16(15)20-17/h7-8,11,14,19H,5-6,9-10H2,1-4H3. The first kappa shape index (κ1) is 14.1. The van der Waals surface area contributed by atoms with Gasteiger partial charge < -0.3 is 5.32 Å². The number of hydrogen-bond acceptors (Lipinski definition) is 2. The van der Waals surface area contributed by atoms with E-state index in [0.29, 0.717) is 0 Å². The van der Waals surface area contributed by atoms with Crippen molar-refractivity contribution < 1.29 is 0 Å². The molecule has 20 heavy (non-hydrogen) atoms. The summed E-state index contributed by atoms with van der Waals surface area (Å²) in [6.45, 7) is 11.2. The molecule has 0 bridgehead atoms. The van der Waals surface area contributed by atoms with Crippen molar-refractivity contribution in [3.63, 3.8) is 0 Å². The van der Waals surface area contributed by atoms with Gasteiger partial charge in [0.25, 0.3) is 0 Å². The van der Waals surface area contributed by atoms with Crippen LogP contribution in [0.3, 0.4) is 0 Å². The summed E-state index contributed by atoms with van der Waals surface area (Å²) in [6, 6.07) is 4.80. The lowest BCUT2D eigenvalue weighted by atomic mass is 10.0. The monoisotopic (exact) mass is 287 g/mol. The predicted molar refractivity (Wildman–Crippen MR) is 89.8 cm³/mol. The van der Waals surface area contributed by atoms with Gasteiger partial charge in [-0.3, -0.25) is 0 Å². The van der Waals surface area contributed by atoms with Crippen LogP contribution in [0.2, 0.25) is 0 Å². The van der Waals surface area contributed by atoms with Crippen LogP contribution in [0.4, 0.5) is 0 Å². The van der Waals surface area contributed by atoms with Gasteiger partial charge in [0.2, 0.25) is 0 Å². The molecule has 1 nitrogen and oxygen atoms in total. The van der Waals surface area contributed by atoms with E-state index in [2.05, 4.69) is 45.1 Å². The molecule has 0 saturated heterocycles. The van der Waals surface area contributed by atoms with Crippen LogP contribution in [0.15, 0.2) is 12.1 Å². The number of nitrogens with one attached hydrogen (secondary N) is 1. The number of thiophene rings is 1. The van der Waals surface area contributed by atoms with Crippen LogP contribution in [0.1, 0.15) is 54.2 Å². The average molecular weight is 287 g/mol. The third kappa shape index (κ3) is 2.77. The van der Waals surface area contributed by atoms with E-state index in [-0.39, 0.29) is 0 Å². The lowest BCUT2D eigenvalue weighted by molar-refractivity contribution is 0.554. The molecule has 1 saturated carbocycles. The highest BCUT2D eigenvalue weighted by Crippen LogP contribution is 2.48. The Bertz CT molecular complexity index is 620. The van der Waals surface area contributed by atoms with Gasteiger partial charge in [0.15, 0.2) is 0 Å². The normalized spacial score (nSPS) is 15.4. The van der Waals surface area contributed by atoms with Gasteiger partial charge in [0.1, 0.15) is 0 Å². The average Bonchev–Trinajstić information content (AvgIpc) is 3.14. The van der Waals surface area contributed by atoms with E-state index >= 15 is 0 Å². The van der Waals surface area contributed by atoms with Crippen molar-refractivity contribution in [3.05, 3.63) is 33.7 Å². The van der Waals surface area contributed by atoms with Crippen molar-refractivity contribution in [1.82, 2.24) is 5.32 Å². The number of rotatable bonds is 5. The molecule has 1 aromatic carbocycles. The Morgan fingerprint density at radius 2 is 1.90 bits per heavy atom. The van der Waals surface area contributed by atoms with Crippen molar-refractivity contribution in [1.29, 1.82) is 0 Å². The fourth-order valence-electron chi connectivity index (χ4n) is 2.85. The predicted octanol–water partition coefficient (Wildman–Crippen LogP) is 5.14. The maximum Gasteiger partial charge on any atom is 0.0351 e. The second-order valence-corrected chi connectivity index (χ2v) is 7.81. The molecule has 1 aliphatic rings. The van der Waals surface area contributed by atoms with E-state index in [4.69, 9.17) is 0 Å². The summed E-state index contributed by atoms with van der Waals surface area (Å²) in [5.41, 5.74) is 4.51. The third-order valence-corrected chi connectivity index (χ3v) is 5.41. The molecular weight excluding hydrogens is 262 g/mol. The van der Waals surface area contributed by atoms with Crippen LogP contribution < -0.4 is 5.32 Å². The van der Waals surface area contributed by atoms with Crippen molar-refractivity contribution >= 4 is 21.4 Å². The van der Waals surface area contributed by atoms with Gasteiger partial charge in [-0.2, -0.15) is 0 Å². The first-order valence-corrected chi connectivity index (χ1v) is 8.61. The summed E-state index contributed by atoms with van der Waals surface area (Å²) in [7, 11) is 0. The minimum Gasteiger partial charge on any atom is -0.312 e. The highest BCUT2D eigenvalue weighted by atomic mass is 32.1. The van der Waals surface area contributed by atoms with E-state index < -0.39 is 0 Å². The fraction of sp³-hybridized carbons (Fsp3) is 0.556. The zero-order valence-corrected chi connectivity index (χ0v) is 13.9. The first-order valence-electron chi connectivity index (χ1n) is 7.79. The summed E-state index contributed by atoms with van der Waals surface area (Å²) < 4.78 is 1.48. The highest BCUT2D eigenvalue weighted by Gasteiger charge is 2.29. The molecule has 2 heteroatoms. The molecule has 108 valence electrons. The maximum absolute atomic E-state index is 3.62. The van der Waals surface area contributed by atoms with Gasteiger partial charge >= 0.3 is 0 Å². The third-order valence-electron chi connectivity index (χ3n) is 4.24. The van der Waals surface area contributed by atoms with Gasteiger partial charge in [0, 0.05) is 16.1 Å². The van der Waals surface area contributed by atoms with Gasteiger partial charge in [-0.25, -0.2) is 0 Å². The van der Waals surface area contributed by atoms with Gasteiger partial charge in [0.05, 0.1) is 0 Å². The van der Waals surface area contributed by atoms with Crippen LogP contribution in [0, 0.1) is 19.8 Å². The minimum atomic E-state index is 0.721. The number of hydrogen-bond donors (Lipinski definition) is 1. The molecule has 0 atom stereocenters. The smallest absolute Gasteiger partial charge is 0.0351 e. The molecule has 0 unspecified atom stereocenters. The molecule has 0 aliphatic heterocycles. The molecule has 0 radical (unpaired) electrons. The van der Waals surface area contributed by atoms with Gasteiger partial charge in [-0.15, -0.1) is 11.3 Å². The summed E-state index contributed by atoms with van der Waals surface area (Å²) >= 11 is 2.00. The Hall–Kier alpha value is -0.860. The highest BCUT2D eigenvalue weighted by molar-refractivity contribution is 7.19. The molecule has 0 amide bonds. The zero-order valence-electron chi connectivity index (χ0n) is 13.0. The van der Waals surface area contributed by atoms with E-state index in [1.165, 1.54) is 34.1 Å². The lowest BCUT2D eigenvalue weighted by Crippen LogP contribution is -2.18. The fourth-order valence-corrected chi connectivity index (χ4v) is 4.19. The Labute approximate surface area is 126 Å². The number of benzene rings is 1. The topological polar surface area (TPSA) is 12.0 Å². The number of aryl methyl sites for hydroxylation is 2. The largest absolute Gasteiger partial charge is 0.312 e. The second kappa shape index (κ2) is 5.50. The lowest BCUT2D eigenvalue weighted by Gasteiger charge is -2.08. The van der Waals surface area contributed by atoms with Crippen LogP contribution in [0.25, 0.3) is 10.1 Å². The summed E-state index contributed by atoms with van der Waals surface area (Å²) in [5, 5.41) is 5.15. The molecule has 1 aromatic heterocycles. The molecule has 0 spiro atoms. The van der Waals surface area contributed by atoms with Crippen LogP contribution in [-0.2, 0) is 6.54 Å². The van der Waals surface area contributed by atoms with Gasteiger partial charge in [-0.05, 0) is 73.2 Å². The van der Waals surface area contributed by atoms with Crippen molar-refractivity contribution in [3.8, 4) is 0 Å². The van der Waals surface area contributed by atoms with Crippen molar-refractivity contribution in [2.24, 2.45) is 5.92 Å². The van der Waals surface area contributed by atoms with E-state index in [9.17, 15) is 0 Å². The zero-order chi connectivity index (χ0) is 14.3. The Morgan fingerprint density at radius 1 is 1.20 bits per heavy atom. The SMILES string of the molecule is Cc1cc2sc(CNCC(C)C)c(C3CC3)c2cc1C. The van der Waals surface area contributed by atoms with Crippen molar-refractivity contribution in [2.45, 2.75) is 53.0 Å². The molecule has 1 aliphatic carbocycles. The van der Waals surface area contributed by atoms with Crippen LogP contribution in [0.5, 0.6) is 0 Å². The molecule has 1 fully saturated rings. The molecule has 2 aromatic rings. The second-order valence-electron chi connectivity index (χ2n) is 6.67. The Kier molecular flexibility index (Phi) is 3.87. The summed E-state index contributed by atoms with van der Waals surface area (Å²) in [4.78, 5) is 1.58. The Morgan fingerprint density at radius 3 is 2.55 bits per heavy atom. The summed E-state index contributed by atoms with van der Waals surface area (Å²) in [6.07, 6.45) is 2.77.